The van der Waals surface area contributed by atoms with Crippen LogP contribution in [0.2, 0.25) is 0 Å². The van der Waals surface area contributed by atoms with E-state index in [9.17, 15) is 0 Å². The Morgan fingerprint density at radius 2 is 1.90 bits per heavy atom. The van der Waals surface area contributed by atoms with Gasteiger partial charge in [-0.2, -0.15) is 0 Å². The summed E-state index contributed by atoms with van der Waals surface area (Å²) >= 11 is 0. The topological polar surface area (TPSA) is 47.3 Å². The minimum atomic E-state index is 0.301. The van der Waals surface area contributed by atoms with Gasteiger partial charge in [0, 0.05) is 6.04 Å². The fourth-order valence-electron chi connectivity index (χ4n) is 1.37. The van der Waals surface area contributed by atoms with E-state index in [1.165, 1.54) is 12.8 Å². The summed E-state index contributed by atoms with van der Waals surface area (Å²) in [6.45, 7) is 0. The molecule has 0 heterocycles. The molecule has 0 aromatic heterocycles. The molecule has 0 aromatic rings. The average Bonchev–Trinajstić information content (AvgIpc) is 2.05. The van der Waals surface area contributed by atoms with Crippen LogP contribution in [0, 0.1) is 0 Å². The van der Waals surface area contributed by atoms with Gasteiger partial charge in [-0.25, -0.2) is 5.90 Å². The van der Waals surface area contributed by atoms with Crippen LogP contribution in [0.25, 0.3) is 0 Å². The van der Waals surface area contributed by atoms with E-state index in [1.807, 2.05) is 0 Å². The lowest BCUT2D eigenvalue weighted by Crippen LogP contribution is -2.31. The van der Waals surface area contributed by atoms with Crippen LogP contribution in [0.3, 0.4) is 0 Å². The standard InChI is InChI=1S/C6H15N2OP/c7-9-6-3-1-5(8-10)2-4-6/h5-6,8H,1-4,7,10H2/t5-,6-. The summed E-state index contributed by atoms with van der Waals surface area (Å²) in [5.41, 5.74) is 0. The van der Waals surface area contributed by atoms with Gasteiger partial charge in [0.15, 0.2) is 0 Å². The molecule has 1 fully saturated rings. The van der Waals surface area contributed by atoms with Gasteiger partial charge in [-0.15, -0.1) is 0 Å². The van der Waals surface area contributed by atoms with Crippen molar-refractivity contribution in [2.45, 2.75) is 37.8 Å². The first-order valence-corrected chi connectivity index (χ1v) is 4.26. The van der Waals surface area contributed by atoms with Gasteiger partial charge in [0.25, 0.3) is 0 Å². The van der Waals surface area contributed by atoms with E-state index in [0.29, 0.717) is 12.1 Å². The number of nitrogens with two attached hydrogens (primary N) is 1. The lowest BCUT2D eigenvalue weighted by atomic mass is 9.94. The summed E-state index contributed by atoms with van der Waals surface area (Å²) in [7, 11) is 2.55. The second-order valence-corrected chi connectivity index (χ2v) is 3.11. The predicted octanol–water partition coefficient (Wildman–Crippen LogP) is 0.568. The molecular formula is C6H15N2OP. The van der Waals surface area contributed by atoms with Crippen molar-refractivity contribution < 1.29 is 4.84 Å². The Bertz CT molecular complexity index is 81.7. The van der Waals surface area contributed by atoms with Gasteiger partial charge in [-0.3, -0.25) is 5.09 Å². The Morgan fingerprint density at radius 1 is 1.30 bits per heavy atom. The smallest absolute Gasteiger partial charge is 0.0788 e. The highest BCUT2D eigenvalue weighted by molar-refractivity contribution is 7.13. The Balaban J connectivity index is 2.17. The van der Waals surface area contributed by atoms with Crippen molar-refractivity contribution in [3.8, 4) is 0 Å². The summed E-state index contributed by atoms with van der Waals surface area (Å²) in [6.07, 6.45) is 4.82. The maximum atomic E-state index is 5.06. The third-order valence-corrected chi connectivity index (χ3v) is 2.57. The molecule has 0 radical (unpaired) electrons. The average molecular weight is 162 g/mol. The van der Waals surface area contributed by atoms with Crippen LogP contribution < -0.4 is 11.0 Å². The van der Waals surface area contributed by atoms with Crippen molar-refractivity contribution in [2.24, 2.45) is 5.90 Å². The first-order valence-electron chi connectivity index (χ1n) is 3.68. The fourth-order valence-corrected chi connectivity index (χ4v) is 1.70. The molecule has 0 aliphatic heterocycles. The minimum absolute atomic E-state index is 0.301. The molecule has 0 spiro atoms. The minimum Gasteiger partial charge on any atom is -0.301 e. The summed E-state index contributed by atoms with van der Waals surface area (Å²) in [4.78, 5) is 4.75. The first kappa shape index (κ1) is 8.41. The number of hydrogen-bond donors (Lipinski definition) is 2. The molecular weight excluding hydrogens is 147 g/mol. The summed E-state index contributed by atoms with van der Waals surface area (Å²) in [6, 6.07) is 0.649. The maximum Gasteiger partial charge on any atom is 0.0788 e. The molecule has 3 N–H and O–H groups in total. The van der Waals surface area contributed by atoms with E-state index in [1.54, 1.807) is 0 Å². The molecule has 1 saturated carbocycles. The Labute approximate surface area is 63.9 Å². The van der Waals surface area contributed by atoms with E-state index in [2.05, 4.69) is 14.5 Å². The van der Waals surface area contributed by atoms with Gasteiger partial charge < -0.3 is 4.84 Å². The summed E-state index contributed by atoms with van der Waals surface area (Å²) in [5, 5.41) is 3.17. The Hall–Kier alpha value is 0.310. The monoisotopic (exact) mass is 162 g/mol. The predicted molar refractivity (Wildman–Crippen MR) is 44.2 cm³/mol. The van der Waals surface area contributed by atoms with E-state index < -0.39 is 0 Å². The van der Waals surface area contributed by atoms with Crippen LogP contribution in [0.15, 0.2) is 0 Å². The molecule has 0 bridgehead atoms. The lowest BCUT2D eigenvalue weighted by Gasteiger charge is -2.26. The maximum absolute atomic E-state index is 5.06. The number of rotatable bonds is 2. The third-order valence-electron chi connectivity index (χ3n) is 2.10. The second kappa shape index (κ2) is 4.24. The molecule has 60 valence electrons. The van der Waals surface area contributed by atoms with E-state index in [-0.39, 0.29) is 0 Å². The van der Waals surface area contributed by atoms with Crippen molar-refractivity contribution in [3.63, 3.8) is 0 Å². The molecule has 1 aliphatic rings. The molecule has 0 aromatic carbocycles. The molecule has 1 aliphatic carbocycles. The molecule has 4 heteroatoms. The van der Waals surface area contributed by atoms with Crippen LogP contribution in [0.4, 0.5) is 0 Å². The van der Waals surface area contributed by atoms with Gasteiger partial charge in [-0.1, -0.05) is 9.39 Å². The highest BCUT2D eigenvalue weighted by Crippen LogP contribution is 2.20. The SMILES string of the molecule is NO[C@H]1CC[C@H](NP)CC1. The van der Waals surface area contributed by atoms with Gasteiger partial charge in [0.1, 0.15) is 0 Å². The highest BCUT2D eigenvalue weighted by atomic mass is 31.0. The molecule has 1 rings (SSSR count). The summed E-state index contributed by atoms with van der Waals surface area (Å²) in [5.74, 6) is 5.06. The van der Waals surface area contributed by atoms with Gasteiger partial charge in [-0.05, 0) is 25.7 Å². The van der Waals surface area contributed by atoms with Crippen LogP contribution in [0.5, 0.6) is 0 Å². The normalized spacial score (nSPS) is 34.2. The third kappa shape index (κ3) is 2.17. The van der Waals surface area contributed by atoms with Crippen LogP contribution in [-0.4, -0.2) is 12.1 Å². The van der Waals surface area contributed by atoms with Crippen LogP contribution in [0.1, 0.15) is 25.7 Å². The van der Waals surface area contributed by atoms with Crippen LogP contribution >= 0.6 is 9.39 Å². The Morgan fingerprint density at radius 3 is 2.30 bits per heavy atom. The fraction of sp³-hybridized carbons (Fsp3) is 1.00. The largest absolute Gasteiger partial charge is 0.301 e. The molecule has 10 heavy (non-hydrogen) atoms. The van der Waals surface area contributed by atoms with Crippen LogP contribution in [-0.2, 0) is 4.84 Å². The van der Waals surface area contributed by atoms with E-state index in [4.69, 9.17) is 10.7 Å². The first-order chi connectivity index (χ1) is 4.86. The highest BCUT2D eigenvalue weighted by Gasteiger charge is 2.19. The lowest BCUT2D eigenvalue weighted by molar-refractivity contribution is 0.0236. The van der Waals surface area contributed by atoms with Gasteiger partial charge in [0.05, 0.1) is 6.10 Å². The Kier molecular flexibility index (Phi) is 3.57. The zero-order valence-corrected chi connectivity index (χ0v) is 7.20. The van der Waals surface area contributed by atoms with Crippen molar-refractivity contribution in [3.05, 3.63) is 0 Å². The van der Waals surface area contributed by atoms with Crippen molar-refractivity contribution in [1.82, 2.24) is 5.09 Å². The van der Waals surface area contributed by atoms with Crippen molar-refractivity contribution in [1.29, 1.82) is 0 Å². The zero-order valence-electron chi connectivity index (χ0n) is 6.05. The molecule has 0 saturated heterocycles. The zero-order chi connectivity index (χ0) is 7.40. The summed E-state index contributed by atoms with van der Waals surface area (Å²) < 4.78 is 0. The molecule has 3 nitrogen and oxygen atoms in total. The molecule has 1 unspecified atom stereocenters. The van der Waals surface area contributed by atoms with E-state index in [0.717, 1.165) is 12.8 Å². The second-order valence-electron chi connectivity index (χ2n) is 2.78. The van der Waals surface area contributed by atoms with Gasteiger partial charge in [0.2, 0.25) is 0 Å². The number of hydrogen-bond acceptors (Lipinski definition) is 3. The van der Waals surface area contributed by atoms with E-state index >= 15 is 0 Å². The van der Waals surface area contributed by atoms with Gasteiger partial charge >= 0.3 is 0 Å². The molecule has 0 amide bonds. The number of nitrogens with one attached hydrogen (secondary N) is 1. The van der Waals surface area contributed by atoms with Crippen molar-refractivity contribution >= 4 is 9.39 Å². The quantitative estimate of drug-likeness (QED) is 0.461. The molecule has 1 atom stereocenters. The van der Waals surface area contributed by atoms with Crippen molar-refractivity contribution in [2.75, 3.05) is 0 Å².